The standard InChI is InChI=1S/C21H21F4N3O4S/c1-12-8-13(22)2-3-16(12)33(31,32)14-9-15(17(29)27-19(11-26)4-5-19)28(10-14)18(30)20(6-7-20)21(23,24)25/h2-3,8,14-15H,4-7,9-10H2,1H3,(H,27,29). The molecule has 2 atom stereocenters. The zero-order valence-electron chi connectivity index (χ0n) is 17.6. The molecule has 0 radical (unpaired) electrons. The van der Waals surface area contributed by atoms with Crippen LogP contribution in [-0.4, -0.2) is 54.7 Å². The quantitative estimate of drug-likeness (QED) is 0.507. The van der Waals surface area contributed by atoms with Crippen LogP contribution < -0.4 is 5.32 Å². The number of carbonyl (C=O) groups excluding carboxylic acids is 2. The molecular weight excluding hydrogens is 466 g/mol. The highest BCUT2D eigenvalue weighted by Crippen LogP contribution is 2.59. The molecule has 2 saturated carbocycles. The summed E-state index contributed by atoms with van der Waals surface area (Å²) in [5, 5.41) is 10.3. The van der Waals surface area contributed by atoms with Crippen LogP contribution in [0.15, 0.2) is 23.1 Å². The van der Waals surface area contributed by atoms with Crippen LogP contribution in [0, 0.1) is 29.5 Å². The Morgan fingerprint density at radius 2 is 1.85 bits per heavy atom. The molecule has 12 heteroatoms. The summed E-state index contributed by atoms with van der Waals surface area (Å²) in [7, 11) is -4.20. The van der Waals surface area contributed by atoms with E-state index in [-0.39, 0.29) is 10.5 Å². The zero-order chi connectivity index (χ0) is 24.4. The first-order chi connectivity index (χ1) is 15.3. The van der Waals surface area contributed by atoms with Crippen molar-refractivity contribution in [1.82, 2.24) is 10.2 Å². The number of halogens is 4. The molecule has 1 saturated heterocycles. The number of likely N-dealkylation sites (tertiary alicyclic amines) is 1. The summed E-state index contributed by atoms with van der Waals surface area (Å²) in [6, 6.07) is 3.49. The van der Waals surface area contributed by atoms with Gasteiger partial charge < -0.3 is 10.2 Å². The van der Waals surface area contributed by atoms with Gasteiger partial charge in [-0.3, -0.25) is 9.59 Å². The van der Waals surface area contributed by atoms with Crippen LogP contribution in [-0.2, 0) is 19.4 Å². The number of hydrogen-bond donors (Lipinski definition) is 1. The lowest BCUT2D eigenvalue weighted by Gasteiger charge is -2.29. The van der Waals surface area contributed by atoms with Crippen molar-refractivity contribution in [2.45, 2.75) is 66.9 Å². The first-order valence-corrected chi connectivity index (χ1v) is 11.9. The Hall–Kier alpha value is -2.68. The van der Waals surface area contributed by atoms with E-state index >= 15 is 0 Å². The summed E-state index contributed by atoms with van der Waals surface area (Å²) in [6.07, 6.45) is -5.41. The topological polar surface area (TPSA) is 107 Å². The van der Waals surface area contributed by atoms with E-state index in [4.69, 9.17) is 0 Å². The van der Waals surface area contributed by atoms with Crippen molar-refractivity contribution in [2.24, 2.45) is 5.41 Å². The molecule has 1 aliphatic heterocycles. The number of nitriles is 1. The smallest absolute Gasteiger partial charge is 0.336 e. The minimum atomic E-state index is -4.83. The number of nitrogens with one attached hydrogen (secondary N) is 1. The van der Waals surface area contributed by atoms with Gasteiger partial charge in [-0.2, -0.15) is 18.4 Å². The maximum absolute atomic E-state index is 13.6. The molecule has 2 aliphatic carbocycles. The summed E-state index contributed by atoms with van der Waals surface area (Å²) < 4.78 is 80.8. The Balaban J connectivity index is 1.67. The van der Waals surface area contributed by atoms with Gasteiger partial charge in [-0.05, 0) is 62.8 Å². The third kappa shape index (κ3) is 3.86. The second-order valence-corrected chi connectivity index (χ2v) is 11.2. The third-order valence-electron chi connectivity index (χ3n) is 6.74. The molecule has 0 spiro atoms. The number of nitrogens with zero attached hydrogens (tertiary/aromatic N) is 2. The first-order valence-electron chi connectivity index (χ1n) is 10.4. The first kappa shape index (κ1) is 23.5. The predicted octanol–water partition coefficient (Wildman–Crippen LogP) is 2.39. The molecule has 33 heavy (non-hydrogen) atoms. The highest BCUT2D eigenvalue weighted by atomic mass is 32.2. The monoisotopic (exact) mass is 487 g/mol. The minimum absolute atomic E-state index is 0.108. The fourth-order valence-electron chi connectivity index (χ4n) is 4.33. The Morgan fingerprint density at radius 1 is 1.21 bits per heavy atom. The van der Waals surface area contributed by atoms with E-state index in [1.807, 2.05) is 6.07 Å². The van der Waals surface area contributed by atoms with E-state index in [1.54, 1.807) is 0 Å². The highest BCUT2D eigenvalue weighted by Gasteiger charge is 2.70. The largest absolute Gasteiger partial charge is 0.403 e. The number of amides is 2. The Kier molecular flexibility index (Phi) is 5.27. The molecule has 4 rings (SSSR count). The van der Waals surface area contributed by atoms with Crippen LogP contribution >= 0.6 is 0 Å². The summed E-state index contributed by atoms with van der Waals surface area (Å²) in [6.45, 7) is 0.776. The predicted molar refractivity (Wildman–Crippen MR) is 106 cm³/mol. The lowest BCUT2D eigenvalue weighted by Crippen LogP contribution is -2.53. The Bertz CT molecular complexity index is 1170. The summed E-state index contributed by atoms with van der Waals surface area (Å²) in [5.74, 6) is -2.83. The minimum Gasteiger partial charge on any atom is -0.336 e. The van der Waals surface area contributed by atoms with E-state index in [0.29, 0.717) is 17.7 Å². The number of benzene rings is 1. The van der Waals surface area contributed by atoms with E-state index in [0.717, 1.165) is 18.2 Å². The van der Waals surface area contributed by atoms with Gasteiger partial charge >= 0.3 is 6.18 Å². The maximum atomic E-state index is 13.6. The van der Waals surface area contributed by atoms with Gasteiger partial charge in [0.15, 0.2) is 9.84 Å². The second-order valence-electron chi connectivity index (χ2n) is 9.05. The maximum Gasteiger partial charge on any atom is 0.403 e. The van der Waals surface area contributed by atoms with Crippen molar-refractivity contribution in [2.75, 3.05) is 6.54 Å². The van der Waals surface area contributed by atoms with Crippen LogP contribution in [0.5, 0.6) is 0 Å². The fourth-order valence-corrected chi connectivity index (χ4v) is 6.25. The SMILES string of the molecule is Cc1cc(F)ccc1S(=O)(=O)C1CC(C(=O)NC2(C#N)CC2)N(C(=O)C2(C(F)(F)F)CC2)C1. The molecule has 7 nitrogen and oxygen atoms in total. The molecular formula is C21H21F4N3O4S. The molecule has 1 aromatic rings. The third-order valence-corrected chi connectivity index (χ3v) is 9.03. The van der Waals surface area contributed by atoms with Gasteiger partial charge in [-0.1, -0.05) is 0 Å². The van der Waals surface area contributed by atoms with E-state index < -0.39 is 81.7 Å². The number of carbonyl (C=O) groups is 2. The van der Waals surface area contributed by atoms with Crippen LogP contribution in [0.4, 0.5) is 17.6 Å². The van der Waals surface area contributed by atoms with Crippen molar-refractivity contribution in [3.8, 4) is 6.07 Å². The van der Waals surface area contributed by atoms with Crippen LogP contribution in [0.25, 0.3) is 0 Å². The van der Waals surface area contributed by atoms with Gasteiger partial charge in [-0.15, -0.1) is 0 Å². The normalized spacial score (nSPS) is 25.3. The van der Waals surface area contributed by atoms with Crippen LogP contribution in [0.3, 0.4) is 0 Å². The molecule has 1 heterocycles. The van der Waals surface area contributed by atoms with Crippen molar-refractivity contribution in [3.63, 3.8) is 0 Å². The molecule has 1 N–H and O–H groups in total. The van der Waals surface area contributed by atoms with Crippen molar-refractivity contribution < 1.29 is 35.6 Å². The van der Waals surface area contributed by atoms with Gasteiger partial charge in [0.2, 0.25) is 11.8 Å². The van der Waals surface area contributed by atoms with Gasteiger partial charge in [0, 0.05) is 6.54 Å². The number of hydrogen-bond acceptors (Lipinski definition) is 5. The molecule has 3 fully saturated rings. The van der Waals surface area contributed by atoms with Gasteiger partial charge in [-0.25, -0.2) is 12.8 Å². The number of sulfone groups is 1. The van der Waals surface area contributed by atoms with Crippen molar-refractivity contribution in [3.05, 3.63) is 29.6 Å². The second kappa shape index (κ2) is 7.41. The van der Waals surface area contributed by atoms with Gasteiger partial charge in [0.05, 0.1) is 16.2 Å². The van der Waals surface area contributed by atoms with E-state index in [1.165, 1.54) is 6.92 Å². The molecule has 2 unspecified atom stereocenters. The zero-order valence-corrected chi connectivity index (χ0v) is 18.4. The number of aryl methyl sites for hydroxylation is 1. The Labute approximate surface area is 187 Å². The molecule has 1 aromatic carbocycles. The van der Waals surface area contributed by atoms with Gasteiger partial charge in [0.25, 0.3) is 0 Å². The molecule has 2 amide bonds. The Morgan fingerprint density at radius 3 is 2.33 bits per heavy atom. The summed E-state index contributed by atoms with van der Waals surface area (Å²) >= 11 is 0. The molecule has 0 bridgehead atoms. The molecule has 3 aliphatic rings. The summed E-state index contributed by atoms with van der Waals surface area (Å²) in [4.78, 5) is 26.4. The van der Waals surface area contributed by atoms with Crippen LogP contribution in [0.1, 0.15) is 37.7 Å². The lowest BCUT2D eigenvalue weighted by molar-refractivity contribution is -0.199. The van der Waals surface area contributed by atoms with E-state index in [9.17, 15) is 40.8 Å². The van der Waals surface area contributed by atoms with Crippen molar-refractivity contribution in [1.29, 1.82) is 5.26 Å². The summed E-state index contributed by atoms with van der Waals surface area (Å²) in [5.41, 5.74) is -3.66. The van der Waals surface area contributed by atoms with Gasteiger partial charge in [0.1, 0.15) is 22.8 Å². The fraction of sp³-hybridized carbons (Fsp3) is 0.571. The van der Waals surface area contributed by atoms with E-state index in [2.05, 4.69) is 5.32 Å². The lowest BCUT2D eigenvalue weighted by atomic mass is 10.0. The number of alkyl halides is 3. The van der Waals surface area contributed by atoms with Crippen LogP contribution in [0.2, 0.25) is 0 Å². The molecule has 178 valence electrons. The van der Waals surface area contributed by atoms with Crippen molar-refractivity contribution >= 4 is 21.7 Å². The number of rotatable bonds is 5. The molecule has 0 aromatic heterocycles. The average molecular weight is 487 g/mol. The highest BCUT2D eigenvalue weighted by molar-refractivity contribution is 7.92. The average Bonchev–Trinajstić information content (AvgIpc) is 3.63.